The molecule has 0 aromatic heterocycles. The second-order valence-electron chi connectivity index (χ2n) is 7.47. The van der Waals surface area contributed by atoms with E-state index in [-0.39, 0.29) is 18.0 Å². The average Bonchev–Trinajstić information content (AvgIpc) is 2.86. The monoisotopic (exact) mass is 358 g/mol. The SMILES string of the molecule is O=C1c2ccccc2[C@@H]2C[C@H](Nc3cccc4ccccc34)[C@@H](O)CCN12. The Bertz CT molecular complexity index is 1010. The number of hydrogen-bond donors (Lipinski definition) is 2. The number of rotatable bonds is 2. The summed E-state index contributed by atoms with van der Waals surface area (Å²) >= 11 is 0. The zero-order chi connectivity index (χ0) is 18.4. The molecule has 136 valence electrons. The first-order valence-corrected chi connectivity index (χ1v) is 9.54. The molecule has 4 nitrogen and oxygen atoms in total. The highest BCUT2D eigenvalue weighted by Gasteiger charge is 2.41. The first-order chi connectivity index (χ1) is 13.2. The Balaban J connectivity index is 1.49. The van der Waals surface area contributed by atoms with E-state index in [1.165, 1.54) is 5.39 Å². The Kier molecular flexibility index (Phi) is 3.87. The van der Waals surface area contributed by atoms with Crippen molar-refractivity contribution in [1.82, 2.24) is 4.90 Å². The minimum absolute atomic E-state index is 0.0262. The lowest BCUT2D eigenvalue weighted by atomic mass is 9.96. The smallest absolute Gasteiger partial charge is 0.254 e. The second kappa shape index (κ2) is 6.39. The molecule has 0 unspecified atom stereocenters. The average molecular weight is 358 g/mol. The maximum Gasteiger partial charge on any atom is 0.254 e. The van der Waals surface area contributed by atoms with Gasteiger partial charge in [-0.05, 0) is 35.9 Å². The third-order valence-corrected chi connectivity index (χ3v) is 5.93. The molecule has 4 heteroatoms. The fourth-order valence-electron chi connectivity index (χ4n) is 4.53. The first-order valence-electron chi connectivity index (χ1n) is 9.54. The van der Waals surface area contributed by atoms with Gasteiger partial charge in [0, 0.05) is 23.2 Å². The topological polar surface area (TPSA) is 52.6 Å². The second-order valence-corrected chi connectivity index (χ2v) is 7.47. The Labute approximate surface area is 158 Å². The summed E-state index contributed by atoms with van der Waals surface area (Å²) in [7, 11) is 0. The third kappa shape index (κ3) is 2.68. The van der Waals surface area contributed by atoms with E-state index in [9.17, 15) is 9.90 Å². The van der Waals surface area contributed by atoms with Gasteiger partial charge in [0.05, 0.1) is 18.2 Å². The minimum Gasteiger partial charge on any atom is -0.391 e. The molecule has 2 aliphatic heterocycles. The highest BCUT2D eigenvalue weighted by Crippen LogP contribution is 2.40. The van der Waals surface area contributed by atoms with Crippen LogP contribution in [0.1, 0.15) is 34.8 Å². The molecule has 0 radical (unpaired) electrons. The molecule has 1 fully saturated rings. The van der Waals surface area contributed by atoms with Gasteiger partial charge in [-0.3, -0.25) is 4.79 Å². The summed E-state index contributed by atoms with van der Waals surface area (Å²) in [5.74, 6) is 0.0913. The molecule has 27 heavy (non-hydrogen) atoms. The molecule has 3 aromatic rings. The lowest BCUT2D eigenvalue weighted by Gasteiger charge is -2.27. The van der Waals surface area contributed by atoms with Crippen molar-refractivity contribution in [1.29, 1.82) is 0 Å². The van der Waals surface area contributed by atoms with Gasteiger partial charge in [-0.15, -0.1) is 0 Å². The number of carbonyl (C=O) groups is 1. The number of benzene rings is 3. The van der Waals surface area contributed by atoms with Gasteiger partial charge in [0.2, 0.25) is 0 Å². The Morgan fingerprint density at radius 2 is 1.74 bits per heavy atom. The van der Waals surface area contributed by atoms with Gasteiger partial charge in [-0.25, -0.2) is 0 Å². The maximum absolute atomic E-state index is 12.8. The fourth-order valence-corrected chi connectivity index (χ4v) is 4.53. The van der Waals surface area contributed by atoms with Gasteiger partial charge in [0.1, 0.15) is 0 Å². The molecule has 3 atom stereocenters. The molecule has 0 aliphatic carbocycles. The van der Waals surface area contributed by atoms with E-state index in [2.05, 4.69) is 29.6 Å². The van der Waals surface area contributed by atoms with E-state index < -0.39 is 6.10 Å². The van der Waals surface area contributed by atoms with Crippen LogP contribution in [-0.2, 0) is 0 Å². The van der Waals surface area contributed by atoms with Crippen molar-refractivity contribution in [3.8, 4) is 0 Å². The fraction of sp³-hybridized carbons (Fsp3) is 0.261. The Morgan fingerprint density at radius 1 is 0.963 bits per heavy atom. The van der Waals surface area contributed by atoms with E-state index in [0.29, 0.717) is 19.4 Å². The molecular formula is C23H22N2O2. The number of aliphatic hydroxyl groups is 1. The molecule has 0 saturated carbocycles. The largest absolute Gasteiger partial charge is 0.391 e. The van der Waals surface area contributed by atoms with Gasteiger partial charge in [0.25, 0.3) is 5.91 Å². The molecule has 0 bridgehead atoms. The summed E-state index contributed by atoms with van der Waals surface area (Å²) in [5, 5.41) is 16.7. The highest BCUT2D eigenvalue weighted by atomic mass is 16.3. The molecule has 1 amide bonds. The number of nitrogens with zero attached hydrogens (tertiary/aromatic N) is 1. The molecule has 1 saturated heterocycles. The van der Waals surface area contributed by atoms with Crippen LogP contribution >= 0.6 is 0 Å². The van der Waals surface area contributed by atoms with Crippen LogP contribution in [-0.4, -0.2) is 34.6 Å². The van der Waals surface area contributed by atoms with Gasteiger partial charge in [-0.1, -0.05) is 54.6 Å². The van der Waals surface area contributed by atoms with Crippen molar-refractivity contribution in [3.05, 3.63) is 77.9 Å². The third-order valence-electron chi connectivity index (χ3n) is 5.93. The summed E-state index contributed by atoms with van der Waals surface area (Å²) in [6, 6.07) is 22.2. The van der Waals surface area contributed by atoms with Crippen molar-refractivity contribution in [2.24, 2.45) is 0 Å². The van der Waals surface area contributed by atoms with Crippen molar-refractivity contribution in [3.63, 3.8) is 0 Å². The van der Waals surface area contributed by atoms with Crippen LogP contribution in [0, 0.1) is 0 Å². The summed E-state index contributed by atoms with van der Waals surface area (Å²) in [6.07, 6.45) is 0.792. The molecule has 2 heterocycles. The highest BCUT2D eigenvalue weighted by molar-refractivity contribution is 5.99. The molecule has 0 spiro atoms. The minimum atomic E-state index is -0.491. The van der Waals surface area contributed by atoms with Crippen molar-refractivity contribution >= 4 is 22.4 Å². The summed E-state index contributed by atoms with van der Waals surface area (Å²) in [6.45, 7) is 0.590. The van der Waals surface area contributed by atoms with Crippen LogP contribution in [0.4, 0.5) is 5.69 Å². The van der Waals surface area contributed by atoms with Crippen molar-refractivity contribution in [2.45, 2.75) is 31.0 Å². The summed E-state index contributed by atoms with van der Waals surface area (Å²) in [4.78, 5) is 14.7. The number of carbonyl (C=O) groups excluding carboxylic acids is 1. The zero-order valence-electron chi connectivity index (χ0n) is 15.0. The lowest BCUT2D eigenvalue weighted by Crippen LogP contribution is -2.33. The lowest BCUT2D eigenvalue weighted by molar-refractivity contribution is 0.0724. The van der Waals surface area contributed by atoms with Crippen molar-refractivity contribution < 1.29 is 9.90 Å². The van der Waals surface area contributed by atoms with Crippen molar-refractivity contribution in [2.75, 3.05) is 11.9 Å². The quantitative estimate of drug-likeness (QED) is 0.729. The van der Waals surface area contributed by atoms with Crippen LogP contribution in [0.15, 0.2) is 66.7 Å². The van der Waals surface area contributed by atoms with E-state index in [4.69, 9.17) is 0 Å². The van der Waals surface area contributed by atoms with Crippen LogP contribution in [0.3, 0.4) is 0 Å². The number of amides is 1. The van der Waals surface area contributed by atoms with Crippen LogP contribution < -0.4 is 5.32 Å². The standard InChI is InChI=1S/C23H22N2O2/c26-22-12-13-25-21(17-9-3-4-10-18(17)23(25)27)14-20(22)24-19-11-5-7-15-6-1-2-8-16(15)19/h1-11,20-22,24,26H,12-14H2/t20-,21-,22-/m0/s1. The zero-order valence-corrected chi connectivity index (χ0v) is 15.0. The van der Waals surface area contributed by atoms with E-state index in [0.717, 1.165) is 22.2 Å². The van der Waals surface area contributed by atoms with Crippen LogP contribution in [0.25, 0.3) is 10.8 Å². The molecule has 5 rings (SSSR count). The van der Waals surface area contributed by atoms with Gasteiger partial charge in [0.15, 0.2) is 0 Å². The number of hydrogen-bond acceptors (Lipinski definition) is 3. The van der Waals surface area contributed by atoms with Gasteiger partial charge < -0.3 is 15.3 Å². The molecular weight excluding hydrogens is 336 g/mol. The first kappa shape index (κ1) is 16.3. The Morgan fingerprint density at radius 3 is 2.67 bits per heavy atom. The Hall–Kier alpha value is -2.85. The van der Waals surface area contributed by atoms with Gasteiger partial charge in [-0.2, -0.15) is 0 Å². The van der Waals surface area contributed by atoms with E-state index >= 15 is 0 Å². The van der Waals surface area contributed by atoms with E-state index in [1.54, 1.807) is 0 Å². The number of anilines is 1. The molecule has 2 N–H and O–H groups in total. The predicted molar refractivity (Wildman–Crippen MR) is 107 cm³/mol. The molecule has 2 aliphatic rings. The number of fused-ring (bicyclic) bond motifs is 4. The van der Waals surface area contributed by atoms with Crippen LogP contribution in [0.2, 0.25) is 0 Å². The van der Waals surface area contributed by atoms with Gasteiger partial charge >= 0.3 is 0 Å². The molecule has 3 aromatic carbocycles. The number of aliphatic hydroxyl groups excluding tert-OH is 1. The number of nitrogens with one attached hydrogen (secondary N) is 1. The summed E-state index contributed by atoms with van der Waals surface area (Å²) in [5.41, 5.74) is 2.92. The predicted octanol–water partition coefficient (Wildman–Crippen LogP) is 3.97. The van der Waals surface area contributed by atoms with Crippen LogP contribution in [0.5, 0.6) is 0 Å². The normalized spacial score (nSPS) is 24.4. The van der Waals surface area contributed by atoms with E-state index in [1.807, 2.05) is 47.4 Å². The summed E-state index contributed by atoms with van der Waals surface area (Å²) < 4.78 is 0. The maximum atomic E-state index is 12.8.